The number of carbonyl (C=O) groups excluding carboxylic acids is 1. The zero-order valence-electron chi connectivity index (χ0n) is 15.0. The molecule has 0 bridgehead atoms. The first-order chi connectivity index (χ1) is 13.0. The number of ether oxygens (including phenoxy) is 2. The van der Waals surface area contributed by atoms with Gasteiger partial charge in [-0.05, 0) is 29.8 Å². The van der Waals surface area contributed by atoms with E-state index in [1.165, 1.54) is 25.3 Å². The van der Waals surface area contributed by atoms with Crippen molar-refractivity contribution in [1.82, 2.24) is 10.2 Å². The van der Waals surface area contributed by atoms with Gasteiger partial charge in [0.05, 0.1) is 13.2 Å². The Labute approximate surface area is 173 Å². The van der Waals surface area contributed by atoms with Crippen molar-refractivity contribution in [3.63, 3.8) is 0 Å². The second-order valence-corrected chi connectivity index (χ2v) is 6.39. The Bertz CT molecular complexity index is 824. The van der Waals surface area contributed by atoms with Gasteiger partial charge in [0.1, 0.15) is 0 Å². The van der Waals surface area contributed by atoms with Crippen molar-refractivity contribution >= 4 is 29.9 Å². The minimum absolute atomic E-state index is 0. The average Bonchev–Trinajstić information content (AvgIpc) is 2.67. The van der Waals surface area contributed by atoms with Crippen molar-refractivity contribution in [3.05, 3.63) is 58.6 Å². The van der Waals surface area contributed by atoms with Crippen molar-refractivity contribution < 1.29 is 23.0 Å². The molecule has 2 aromatic carbocycles. The summed E-state index contributed by atoms with van der Waals surface area (Å²) in [7, 11) is 1.35. The topological polar surface area (TPSA) is 50.8 Å². The summed E-state index contributed by atoms with van der Waals surface area (Å²) >= 11 is 6.31. The second-order valence-electron chi connectivity index (χ2n) is 5.98. The van der Waals surface area contributed by atoms with Gasteiger partial charge in [0.2, 0.25) is 0 Å². The summed E-state index contributed by atoms with van der Waals surface area (Å²) in [5.41, 5.74) is 1.07. The highest BCUT2D eigenvalue weighted by Crippen LogP contribution is 2.33. The summed E-state index contributed by atoms with van der Waals surface area (Å²) < 4.78 is 34.8. The highest BCUT2D eigenvalue weighted by atomic mass is 35.5. The van der Waals surface area contributed by atoms with Crippen LogP contribution in [-0.4, -0.2) is 44.2 Å². The standard InChI is InChI=1S/C19H19ClF2N2O3.ClH/c1-26-16-7-6-12(10-17(16)27-19(21)22)18(25)24-9-8-23-11-15(24)13-4-2-3-5-14(13)20;/h2-7,10,15,19,23H,8-9,11H2,1H3;1H. The van der Waals surface area contributed by atoms with Crippen LogP contribution in [0.5, 0.6) is 11.5 Å². The van der Waals surface area contributed by atoms with Crippen molar-refractivity contribution in [3.8, 4) is 11.5 Å². The molecule has 1 aliphatic heterocycles. The van der Waals surface area contributed by atoms with Crippen molar-refractivity contribution in [2.75, 3.05) is 26.7 Å². The largest absolute Gasteiger partial charge is 0.493 e. The maximum absolute atomic E-state index is 13.1. The van der Waals surface area contributed by atoms with E-state index >= 15 is 0 Å². The first-order valence-electron chi connectivity index (χ1n) is 8.40. The third-order valence-electron chi connectivity index (χ3n) is 4.40. The van der Waals surface area contributed by atoms with Crippen LogP contribution in [0, 0.1) is 0 Å². The number of nitrogens with zero attached hydrogens (tertiary/aromatic N) is 1. The lowest BCUT2D eigenvalue weighted by Gasteiger charge is -2.37. The van der Waals surface area contributed by atoms with Crippen LogP contribution < -0.4 is 14.8 Å². The number of amides is 1. The SMILES string of the molecule is COc1ccc(C(=O)N2CCNCC2c2ccccc2Cl)cc1OC(F)F.Cl. The van der Waals surface area contributed by atoms with E-state index in [9.17, 15) is 13.6 Å². The molecule has 28 heavy (non-hydrogen) atoms. The van der Waals surface area contributed by atoms with Crippen LogP contribution in [0.3, 0.4) is 0 Å². The molecule has 1 N–H and O–H groups in total. The highest BCUT2D eigenvalue weighted by Gasteiger charge is 2.30. The van der Waals surface area contributed by atoms with Gasteiger partial charge in [-0.25, -0.2) is 0 Å². The molecule has 3 rings (SSSR count). The van der Waals surface area contributed by atoms with Crippen LogP contribution in [0.2, 0.25) is 5.02 Å². The first kappa shape index (κ1) is 22.2. The van der Waals surface area contributed by atoms with Gasteiger partial charge in [-0.3, -0.25) is 4.79 Å². The number of rotatable bonds is 5. The van der Waals surface area contributed by atoms with Gasteiger partial charge in [-0.1, -0.05) is 29.8 Å². The number of alkyl halides is 2. The van der Waals surface area contributed by atoms with Gasteiger partial charge < -0.3 is 19.7 Å². The van der Waals surface area contributed by atoms with E-state index in [1.807, 2.05) is 18.2 Å². The molecular formula is C19H20Cl2F2N2O3. The normalized spacial score (nSPS) is 16.5. The van der Waals surface area contributed by atoms with E-state index in [2.05, 4.69) is 10.1 Å². The molecule has 2 aromatic rings. The number of methoxy groups -OCH3 is 1. The van der Waals surface area contributed by atoms with E-state index in [0.29, 0.717) is 24.7 Å². The Hall–Kier alpha value is -2.09. The predicted octanol–water partition coefficient (Wildman–Crippen LogP) is 4.16. The number of nitrogens with one attached hydrogen (secondary N) is 1. The van der Waals surface area contributed by atoms with E-state index in [4.69, 9.17) is 16.3 Å². The second kappa shape index (κ2) is 9.91. The maximum atomic E-state index is 13.1. The van der Waals surface area contributed by atoms with Crippen LogP contribution in [0.4, 0.5) is 8.78 Å². The Morgan fingerprint density at radius 1 is 1.25 bits per heavy atom. The molecule has 5 nitrogen and oxygen atoms in total. The summed E-state index contributed by atoms with van der Waals surface area (Å²) in [6.07, 6.45) is 0. The minimum atomic E-state index is -3.01. The number of carbonyl (C=O) groups is 1. The third-order valence-corrected chi connectivity index (χ3v) is 4.74. The quantitative estimate of drug-likeness (QED) is 0.770. The Kier molecular flexibility index (Phi) is 7.86. The lowest BCUT2D eigenvalue weighted by atomic mass is 10.0. The van der Waals surface area contributed by atoms with E-state index < -0.39 is 6.61 Å². The first-order valence-corrected chi connectivity index (χ1v) is 8.78. The number of hydrogen-bond donors (Lipinski definition) is 1. The van der Waals surface area contributed by atoms with Crippen LogP contribution in [0.15, 0.2) is 42.5 Å². The molecule has 0 radical (unpaired) electrons. The Morgan fingerprint density at radius 2 is 2.00 bits per heavy atom. The summed E-state index contributed by atoms with van der Waals surface area (Å²) in [5.74, 6) is -0.333. The van der Waals surface area contributed by atoms with Crippen LogP contribution >= 0.6 is 24.0 Å². The summed E-state index contributed by atoms with van der Waals surface area (Å²) in [5, 5.41) is 3.83. The van der Waals surface area contributed by atoms with E-state index in [0.717, 1.165) is 5.56 Å². The molecule has 1 aliphatic rings. The van der Waals surface area contributed by atoms with Crippen molar-refractivity contribution in [1.29, 1.82) is 0 Å². The molecule has 0 saturated carbocycles. The molecule has 1 amide bonds. The van der Waals surface area contributed by atoms with E-state index in [1.54, 1.807) is 11.0 Å². The smallest absolute Gasteiger partial charge is 0.387 e. The molecule has 152 valence electrons. The number of halogens is 4. The molecule has 0 aliphatic carbocycles. The van der Waals surface area contributed by atoms with Crippen LogP contribution in [0.25, 0.3) is 0 Å². The summed E-state index contributed by atoms with van der Waals surface area (Å²) in [4.78, 5) is 14.8. The highest BCUT2D eigenvalue weighted by molar-refractivity contribution is 6.31. The summed E-state index contributed by atoms with van der Waals surface area (Å²) in [6, 6.07) is 11.3. The minimum Gasteiger partial charge on any atom is -0.493 e. The fourth-order valence-corrected chi connectivity index (χ4v) is 3.40. The van der Waals surface area contributed by atoms with Gasteiger partial charge in [0.25, 0.3) is 5.91 Å². The predicted molar refractivity (Wildman–Crippen MR) is 105 cm³/mol. The van der Waals surface area contributed by atoms with E-state index in [-0.39, 0.29) is 41.4 Å². The average molecular weight is 433 g/mol. The lowest BCUT2D eigenvalue weighted by Crippen LogP contribution is -2.48. The number of piperazine rings is 1. The van der Waals surface area contributed by atoms with Gasteiger partial charge in [-0.2, -0.15) is 8.78 Å². The maximum Gasteiger partial charge on any atom is 0.387 e. The van der Waals surface area contributed by atoms with Gasteiger partial charge in [0, 0.05) is 30.2 Å². The van der Waals surface area contributed by atoms with Gasteiger partial charge >= 0.3 is 6.61 Å². The van der Waals surface area contributed by atoms with Gasteiger partial charge in [-0.15, -0.1) is 12.4 Å². The molecule has 0 aromatic heterocycles. The Balaban J connectivity index is 0.00000280. The molecule has 1 heterocycles. The molecule has 9 heteroatoms. The van der Waals surface area contributed by atoms with Crippen molar-refractivity contribution in [2.45, 2.75) is 12.7 Å². The fraction of sp³-hybridized carbons (Fsp3) is 0.316. The third kappa shape index (κ3) is 4.84. The lowest BCUT2D eigenvalue weighted by molar-refractivity contribution is -0.0512. The molecule has 1 unspecified atom stereocenters. The molecule has 1 fully saturated rings. The molecule has 1 atom stereocenters. The fourth-order valence-electron chi connectivity index (χ4n) is 3.13. The summed E-state index contributed by atoms with van der Waals surface area (Å²) in [6.45, 7) is -1.37. The zero-order chi connectivity index (χ0) is 19.4. The zero-order valence-corrected chi connectivity index (χ0v) is 16.6. The van der Waals surface area contributed by atoms with Crippen LogP contribution in [0.1, 0.15) is 22.0 Å². The monoisotopic (exact) mass is 432 g/mol. The molecule has 0 spiro atoms. The van der Waals surface area contributed by atoms with Gasteiger partial charge in [0.15, 0.2) is 11.5 Å². The van der Waals surface area contributed by atoms with Crippen LogP contribution in [-0.2, 0) is 0 Å². The molecule has 1 saturated heterocycles. The number of hydrogen-bond acceptors (Lipinski definition) is 4. The molecular weight excluding hydrogens is 413 g/mol. The van der Waals surface area contributed by atoms with Crippen molar-refractivity contribution in [2.24, 2.45) is 0 Å². The Morgan fingerprint density at radius 3 is 2.68 bits per heavy atom. The number of benzene rings is 2.